The van der Waals surface area contributed by atoms with Gasteiger partial charge in [0.15, 0.2) is 6.29 Å². The van der Waals surface area contributed by atoms with Crippen molar-refractivity contribution in [3.63, 3.8) is 0 Å². The molecule has 0 fully saturated rings. The second kappa shape index (κ2) is 4.01. The first-order valence-electron chi connectivity index (χ1n) is 2.87. The Labute approximate surface area is 54.6 Å². The molecule has 0 rings (SSSR count). The molecule has 0 N–H and O–H groups in total. The zero-order valence-electron chi connectivity index (χ0n) is 5.68. The highest BCUT2D eigenvalue weighted by Crippen LogP contribution is 1.95. The van der Waals surface area contributed by atoms with Gasteiger partial charge < -0.3 is 0 Å². The Kier molecular flexibility index (Phi) is 3.60. The topological polar surface area (TPSA) is 34.1 Å². The van der Waals surface area contributed by atoms with Crippen LogP contribution in [0, 0.1) is 0 Å². The van der Waals surface area contributed by atoms with Gasteiger partial charge in [0.25, 0.3) is 0 Å². The van der Waals surface area contributed by atoms with Crippen molar-refractivity contribution in [1.29, 1.82) is 0 Å². The van der Waals surface area contributed by atoms with Gasteiger partial charge in [-0.1, -0.05) is 12.5 Å². The van der Waals surface area contributed by atoms with Crippen molar-refractivity contribution in [3.8, 4) is 0 Å². The molecule has 50 valence electrons. The quantitative estimate of drug-likeness (QED) is 0.322. The smallest absolute Gasteiger partial charge is 0.218 e. The van der Waals surface area contributed by atoms with Crippen molar-refractivity contribution in [2.24, 2.45) is 0 Å². The summed E-state index contributed by atoms with van der Waals surface area (Å²) >= 11 is 0. The first-order valence-corrected chi connectivity index (χ1v) is 2.87. The molecule has 0 aliphatic rings. The predicted octanol–water partition coefficient (Wildman–Crippen LogP) is 1.11. The number of hydrogen-bond acceptors (Lipinski definition) is 2. The second-order valence-electron chi connectivity index (χ2n) is 1.86. The number of carbonyl (C=O) groups is 2. The molecule has 0 bridgehead atoms. The maximum absolute atomic E-state index is 10.3. The third-order valence-electron chi connectivity index (χ3n) is 1.06. The first-order chi connectivity index (χ1) is 4.20. The molecule has 0 heterocycles. The summed E-state index contributed by atoms with van der Waals surface area (Å²) in [6.45, 7) is 3.76. The highest BCUT2D eigenvalue weighted by Gasteiger charge is 1.91. The summed E-state index contributed by atoms with van der Waals surface area (Å²) in [5, 5.41) is 0. The Balaban J connectivity index is 3.94. The number of hydrogen-bond donors (Lipinski definition) is 0. The summed E-state index contributed by atoms with van der Waals surface area (Å²) in [6.07, 6.45) is 2.49. The summed E-state index contributed by atoms with van der Waals surface area (Å²) in [5.41, 5.74) is 0.937. The molecule has 2 heteroatoms. The van der Waals surface area contributed by atoms with E-state index in [-0.39, 0.29) is 0 Å². The van der Waals surface area contributed by atoms with Crippen LogP contribution in [-0.4, -0.2) is 12.1 Å². The van der Waals surface area contributed by atoms with Crippen LogP contribution in [0.3, 0.4) is 0 Å². The van der Waals surface area contributed by atoms with E-state index in [1.807, 2.05) is 13.8 Å². The molecule has 2 nitrogen and oxygen atoms in total. The third kappa shape index (κ3) is 3.64. The molecule has 0 saturated heterocycles. The van der Waals surface area contributed by atoms with Crippen LogP contribution in [0.4, 0.5) is 0 Å². The van der Waals surface area contributed by atoms with Gasteiger partial charge in [0.2, 0.25) is 5.78 Å². The van der Waals surface area contributed by atoms with E-state index in [4.69, 9.17) is 0 Å². The van der Waals surface area contributed by atoms with Crippen molar-refractivity contribution in [3.05, 3.63) is 11.6 Å². The fourth-order valence-corrected chi connectivity index (χ4v) is 0.379. The van der Waals surface area contributed by atoms with E-state index >= 15 is 0 Å². The molecule has 0 aliphatic heterocycles. The van der Waals surface area contributed by atoms with Gasteiger partial charge >= 0.3 is 0 Å². The summed E-state index contributed by atoms with van der Waals surface area (Å²) in [6, 6.07) is 0. The van der Waals surface area contributed by atoms with E-state index in [0.29, 0.717) is 6.29 Å². The molecule has 0 radical (unpaired) electrons. The third-order valence-corrected chi connectivity index (χ3v) is 1.06. The standard InChI is InChI=1S/C7H10O2/c1-3-6(2)4-7(9)5-8/h4-5H,3H2,1-2H3. The number of aldehydes is 1. The molecule has 0 amide bonds. The van der Waals surface area contributed by atoms with Gasteiger partial charge in [-0.25, -0.2) is 0 Å². The Morgan fingerprint density at radius 2 is 2.11 bits per heavy atom. The van der Waals surface area contributed by atoms with Crippen molar-refractivity contribution < 1.29 is 9.59 Å². The van der Waals surface area contributed by atoms with Crippen molar-refractivity contribution in [2.45, 2.75) is 20.3 Å². The van der Waals surface area contributed by atoms with E-state index in [1.165, 1.54) is 6.08 Å². The van der Waals surface area contributed by atoms with E-state index in [2.05, 4.69) is 0 Å². The Bertz CT molecular complexity index is 145. The SMILES string of the molecule is CCC(C)=CC(=O)C=O. The van der Waals surface area contributed by atoms with Gasteiger partial charge in [0, 0.05) is 0 Å². The molecule has 0 spiro atoms. The van der Waals surface area contributed by atoms with Gasteiger partial charge in [-0.05, 0) is 19.4 Å². The van der Waals surface area contributed by atoms with Crippen LogP contribution in [0.2, 0.25) is 0 Å². The van der Waals surface area contributed by atoms with Crippen molar-refractivity contribution in [2.75, 3.05) is 0 Å². The average Bonchev–Trinajstić information content (AvgIpc) is 1.87. The lowest BCUT2D eigenvalue weighted by Crippen LogP contribution is -1.93. The Hall–Kier alpha value is -0.920. The van der Waals surface area contributed by atoms with Crippen LogP contribution >= 0.6 is 0 Å². The molecular formula is C7H10O2. The van der Waals surface area contributed by atoms with E-state index in [1.54, 1.807) is 0 Å². The van der Waals surface area contributed by atoms with Crippen LogP contribution < -0.4 is 0 Å². The minimum atomic E-state index is -0.450. The van der Waals surface area contributed by atoms with Gasteiger partial charge in [-0.15, -0.1) is 0 Å². The maximum atomic E-state index is 10.3. The lowest BCUT2D eigenvalue weighted by atomic mass is 10.2. The number of allylic oxidation sites excluding steroid dienone is 2. The van der Waals surface area contributed by atoms with Crippen LogP contribution in [0.1, 0.15) is 20.3 Å². The molecule has 0 unspecified atom stereocenters. The summed E-state index contributed by atoms with van der Waals surface area (Å²) in [4.78, 5) is 20.1. The molecule has 9 heavy (non-hydrogen) atoms. The van der Waals surface area contributed by atoms with Crippen LogP contribution in [-0.2, 0) is 9.59 Å². The lowest BCUT2D eigenvalue weighted by molar-refractivity contribution is -0.126. The minimum absolute atomic E-state index is 0.319. The van der Waals surface area contributed by atoms with E-state index < -0.39 is 5.78 Å². The molecular weight excluding hydrogens is 116 g/mol. The fraction of sp³-hybridized carbons (Fsp3) is 0.429. The Morgan fingerprint density at radius 3 is 2.44 bits per heavy atom. The summed E-state index contributed by atoms with van der Waals surface area (Å²) in [7, 11) is 0. The van der Waals surface area contributed by atoms with Gasteiger partial charge in [-0.2, -0.15) is 0 Å². The molecule has 0 aromatic rings. The number of carbonyl (C=O) groups excluding carboxylic acids is 2. The van der Waals surface area contributed by atoms with Crippen LogP contribution in [0.5, 0.6) is 0 Å². The van der Waals surface area contributed by atoms with Crippen LogP contribution in [0.25, 0.3) is 0 Å². The largest absolute Gasteiger partial charge is 0.294 e. The molecule has 0 aromatic heterocycles. The zero-order valence-corrected chi connectivity index (χ0v) is 5.68. The van der Waals surface area contributed by atoms with E-state index in [9.17, 15) is 9.59 Å². The lowest BCUT2D eigenvalue weighted by Gasteiger charge is -1.87. The van der Waals surface area contributed by atoms with Gasteiger partial charge in [0.05, 0.1) is 0 Å². The number of rotatable bonds is 3. The monoisotopic (exact) mass is 126 g/mol. The molecule has 0 aliphatic carbocycles. The first kappa shape index (κ1) is 8.08. The van der Waals surface area contributed by atoms with Gasteiger partial charge in [0.1, 0.15) is 0 Å². The summed E-state index contributed by atoms with van der Waals surface area (Å²) < 4.78 is 0. The molecule has 0 saturated carbocycles. The fourth-order valence-electron chi connectivity index (χ4n) is 0.379. The van der Waals surface area contributed by atoms with Crippen molar-refractivity contribution in [1.82, 2.24) is 0 Å². The predicted molar refractivity (Wildman–Crippen MR) is 35.1 cm³/mol. The minimum Gasteiger partial charge on any atom is -0.294 e. The average molecular weight is 126 g/mol. The van der Waals surface area contributed by atoms with E-state index in [0.717, 1.165) is 12.0 Å². The zero-order chi connectivity index (χ0) is 7.28. The second-order valence-corrected chi connectivity index (χ2v) is 1.86. The maximum Gasteiger partial charge on any atom is 0.218 e. The normalized spacial score (nSPS) is 11.1. The molecule has 0 atom stereocenters. The molecule has 0 aromatic carbocycles. The highest BCUT2D eigenvalue weighted by atomic mass is 16.2. The van der Waals surface area contributed by atoms with Gasteiger partial charge in [-0.3, -0.25) is 9.59 Å². The van der Waals surface area contributed by atoms with Crippen LogP contribution in [0.15, 0.2) is 11.6 Å². The summed E-state index contributed by atoms with van der Waals surface area (Å²) in [5.74, 6) is -0.450. The number of ketones is 1. The highest BCUT2D eigenvalue weighted by molar-refractivity contribution is 6.30. The van der Waals surface area contributed by atoms with Crippen molar-refractivity contribution >= 4 is 12.1 Å². The Morgan fingerprint density at radius 1 is 1.56 bits per heavy atom.